The van der Waals surface area contributed by atoms with E-state index >= 15 is 0 Å². The molecule has 1 rings (SSSR count). The van der Waals surface area contributed by atoms with Crippen LogP contribution in [0.4, 0.5) is 0 Å². The van der Waals surface area contributed by atoms with Gasteiger partial charge < -0.3 is 5.32 Å². The smallest absolute Gasteiger partial charge is 0.0869 e. The molecule has 0 bridgehead atoms. The first-order valence-electron chi connectivity index (χ1n) is 3.25. The Bertz CT molecular complexity index is 145. The van der Waals surface area contributed by atoms with Crippen LogP contribution in [-0.2, 0) is 0 Å². The fraction of sp³-hybridized carbons (Fsp3) is 0.571. The monoisotopic (exact) mass is 124 g/mol. The minimum atomic E-state index is 0.594. The average molecular weight is 124 g/mol. The lowest BCUT2D eigenvalue weighted by atomic mass is 10.1. The molecule has 50 valence electrons. The van der Waals surface area contributed by atoms with E-state index in [1.807, 2.05) is 0 Å². The van der Waals surface area contributed by atoms with E-state index in [0.717, 1.165) is 6.54 Å². The average Bonchev–Trinajstić information content (AvgIpc) is 1.90. The van der Waals surface area contributed by atoms with E-state index in [4.69, 9.17) is 0 Å². The number of rotatable bonds is 1. The molecule has 0 radical (unpaired) electrons. The molecule has 2 heteroatoms. The Hall–Kier alpha value is -0.790. The van der Waals surface area contributed by atoms with Crippen LogP contribution in [-0.4, -0.2) is 12.9 Å². The molecule has 0 aromatic heterocycles. The fourth-order valence-electron chi connectivity index (χ4n) is 0.785. The largest absolute Gasteiger partial charge is 0.350 e. The van der Waals surface area contributed by atoms with Crippen molar-refractivity contribution in [3.8, 4) is 0 Å². The van der Waals surface area contributed by atoms with Gasteiger partial charge in [-0.3, -0.25) is 4.99 Å². The summed E-state index contributed by atoms with van der Waals surface area (Å²) in [6.45, 7) is 5.16. The van der Waals surface area contributed by atoms with E-state index in [-0.39, 0.29) is 0 Å². The van der Waals surface area contributed by atoms with Crippen molar-refractivity contribution in [2.45, 2.75) is 13.8 Å². The normalized spacial score (nSPS) is 17.4. The van der Waals surface area contributed by atoms with Crippen molar-refractivity contribution < 1.29 is 0 Å². The van der Waals surface area contributed by atoms with Gasteiger partial charge in [-0.1, -0.05) is 13.8 Å². The number of allylic oxidation sites excluding steroid dienone is 1. The molecule has 1 aliphatic heterocycles. The summed E-state index contributed by atoms with van der Waals surface area (Å²) in [5.41, 5.74) is 1.28. The molecule has 0 atom stereocenters. The predicted octanol–water partition coefficient (Wildman–Crippen LogP) is 1.16. The Morgan fingerprint density at radius 2 is 2.44 bits per heavy atom. The number of hydrogen-bond acceptors (Lipinski definition) is 2. The number of nitrogens with zero attached hydrogens (tertiary/aromatic N) is 1. The molecule has 0 aromatic carbocycles. The fourth-order valence-corrected chi connectivity index (χ4v) is 0.785. The second-order valence-electron chi connectivity index (χ2n) is 2.45. The van der Waals surface area contributed by atoms with Crippen LogP contribution in [0.1, 0.15) is 13.8 Å². The van der Waals surface area contributed by atoms with Gasteiger partial charge in [-0.2, -0.15) is 0 Å². The predicted molar refractivity (Wildman–Crippen MR) is 39.4 cm³/mol. The van der Waals surface area contributed by atoms with E-state index < -0.39 is 0 Å². The van der Waals surface area contributed by atoms with E-state index in [2.05, 4.69) is 30.2 Å². The molecular weight excluding hydrogens is 112 g/mol. The number of aliphatic imine (C=N–C) groups is 1. The van der Waals surface area contributed by atoms with Crippen LogP contribution in [0.5, 0.6) is 0 Å². The van der Waals surface area contributed by atoms with Gasteiger partial charge in [0.1, 0.15) is 0 Å². The topological polar surface area (TPSA) is 24.4 Å². The SMILES string of the molecule is CC(C)C1=CCN=CN1. The summed E-state index contributed by atoms with van der Waals surface area (Å²) in [7, 11) is 0. The van der Waals surface area contributed by atoms with Crippen molar-refractivity contribution in [1.29, 1.82) is 0 Å². The molecule has 0 saturated heterocycles. The number of nitrogens with one attached hydrogen (secondary N) is 1. The Morgan fingerprint density at radius 3 is 2.78 bits per heavy atom. The van der Waals surface area contributed by atoms with Crippen LogP contribution in [0.25, 0.3) is 0 Å². The third kappa shape index (κ3) is 1.56. The highest BCUT2D eigenvalue weighted by atomic mass is 15.0. The first-order chi connectivity index (χ1) is 4.30. The van der Waals surface area contributed by atoms with E-state index in [1.54, 1.807) is 6.34 Å². The van der Waals surface area contributed by atoms with Crippen LogP contribution < -0.4 is 5.32 Å². The maximum atomic E-state index is 4.00. The van der Waals surface area contributed by atoms with Gasteiger partial charge in [-0.15, -0.1) is 0 Å². The van der Waals surface area contributed by atoms with Crippen LogP contribution in [0.15, 0.2) is 16.8 Å². The summed E-state index contributed by atoms with van der Waals surface area (Å²) in [4.78, 5) is 4.00. The highest BCUT2D eigenvalue weighted by Gasteiger charge is 2.01. The standard InChI is InChI=1S/C7H12N2/c1-6(2)7-3-4-8-5-9-7/h3,5-6H,4H2,1-2H3,(H,8,9). The molecule has 9 heavy (non-hydrogen) atoms. The second-order valence-corrected chi connectivity index (χ2v) is 2.45. The molecule has 0 unspecified atom stereocenters. The number of hydrogen-bond donors (Lipinski definition) is 1. The third-order valence-corrected chi connectivity index (χ3v) is 1.36. The zero-order valence-electron chi connectivity index (χ0n) is 5.89. The Labute approximate surface area is 55.7 Å². The maximum Gasteiger partial charge on any atom is 0.0869 e. The summed E-state index contributed by atoms with van der Waals surface area (Å²) >= 11 is 0. The van der Waals surface area contributed by atoms with Crippen molar-refractivity contribution in [3.63, 3.8) is 0 Å². The minimum Gasteiger partial charge on any atom is -0.350 e. The van der Waals surface area contributed by atoms with Crippen molar-refractivity contribution in [3.05, 3.63) is 11.8 Å². The highest BCUT2D eigenvalue weighted by Crippen LogP contribution is 2.05. The Balaban J connectivity index is 2.50. The molecule has 1 aliphatic rings. The molecule has 0 amide bonds. The molecular formula is C7H12N2. The van der Waals surface area contributed by atoms with Gasteiger partial charge in [0.05, 0.1) is 12.9 Å². The van der Waals surface area contributed by atoms with Crippen LogP contribution in [0.3, 0.4) is 0 Å². The quantitative estimate of drug-likeness (QED) is 0.557. The van der Waals surface area contributed by atoms with Gasteiger partial charge >= 0.3 is 0 Å². The first-order valence-corrected chi connectivity index (χ1v) is 3.25. The van der Waals surface area contributed by atoms with Gasteiger partial charge in [0.2, 0.25) is 0 Å². The maximum absolute atomic E-state index is 4.00. The summed E-state index contributed by atoms with van der Waals surface area (Å²) in [5, 5.41) is 3.09. The zero-order chi connectivity index (χ0) is 6.69. The van der Waals surface area contributed by atoms with Gasteiger partial charge in [0, 0.05) is 5.70 Å². The lowest BCUT2D eigenvalue weighted by Gasteiger charge is -2.12. The summed E-state index contributed by atoms with van der Waals surface area (Å²) in [6.07, 6.45) is 3.88. The lowest BCUT2D eigenvalue weighted by molar-refractivity contribution is 0.718. The first kappa shape index (κ1) is 6.33. The molecule has 0 aliphatic carbocycles. The zero-order valence-corrected chi connectivity index (χ0v) is 5.89. The van der Waals surface area contributed by atoms with E-state index in [1.165, 1.54) is 5.70 Å². The van der Waals surface area contributed by atoms with Crippen molar-refractivity contribution >= 4 is 6.34 Å². The van der Waals surface area contributed by atoms with Crippen LogP contribution >= 0.6 is 0 Å². The summed E-state index contributed by atoms with van der Waals surface area (Å²) in [6, 6.07) is 0. The summed E-state index contributed by atoms with van der Waals surface area (Å²) in [5.74, 6) is 0.594. The minimum absolute atomic E-state index is 0.594. The molecule has 0 spiro atoms. The highest BCUT2D eigenvalue weighted by molar-refractivity contribution is 5.59. The third-order valence-electron chi connectivity index (χ3n) is 1.36. The molecule has 0 fully saturated rings. The lowest BCUT2D eigenvalue weighted by Crippen LogP contribution is -2.18. The van der Waals surface area contributed by atoms with Gasteiger partial charge in [0.15, 0.2) is 0 Å². The van der Waals surface area contributed by atoms with Crippen LogP contribution in [0, 0.1) is 5.92 Å². The van der Waals surface area contributed by atoms with Crippen molar-refractivity contribution in [1.82, 2.24) is 5.32 Å². The molecule has 2 nitrogen and oxygen atoms in total. The molecule has 1 N–H and O–H groups in total. The second kappa shape index (κ2) is 2.67. The van der Waals surface area contributed by atoms with Crippen molar-refractivity contribution in [2.24, 2.45) is 10.9 Å². The molecule has 1 heterocycles. The Kier molecular flexibility index (Phi) is 1.88. The summed E-state index contributed by atoms with van der Waals surface area (Å²) < 4.78 is 0. The molecule has 0 aromatic rings. The van der Waals surface area contributed by atoms with Gasteiger partial charge in [-0.25, -0.2) is 0 Å². The Morgan fingerprint density at radius 1 is 1.67 bits per heavy atom. The van der Waals surface area contributed by atoms with E-state index in [0.29, 0.717) is 5.92 Å². The van der Waals surface area contributed by atoms with Crippen LogP contribution in [0.2, 0.25) is 0 Å². The van der Waals surface area contributed by atoms with Gasteiger partial charge in [0.25, 0.3) is 0 Å². The van der Waals surface area contributed by atoms with E-state index in [9.17, 15) is 0 Å². The van der Waals surface area contributed by atoms with Gasteiger partial charge in [-0.05, 0) is 12.0 Å². The molecule has 0 saturated carbocycles. The van der Waals surface area contributed by atoms with Crippen molar-refractivity contribution in [2.75, 3.05) is 6.54 Å².